The van der Waals surface area contributed by atoms with Gasteiger partial charge in [-0.25, -0.2) is 9.37 Å². The normalized spacial score (nSPS) is 21.8. The molecule has 3 atom stereocenters. The summed E-state index contributed by atoms with van der Waals surface area (Å²) in [6, 6.07) is 7.08. The van der Waals surface area contributed by atoms with E-state index in [9.17, 15) is 9.18 Å². The first-order valence-corrected chi connectivity index (χ1v) is 9.19. The number of nitrogens with zero attached hydrogens (tertiary/aromatic N) is 3. The minimum atomic E-state index is -0.201. The smallest absolute Gasteiger partial charge is 0.223 e. The molecule has 3 rings (SSSR count). The molecular weight excluding hydrogens is 331 g/mol. The molecule has 0 radical (unpaired) electrons. The molecule has 0 saturated carbocycles. The summed E-state index contributed by atoms with van der Waals surface area (Å²) >= 11 is 0. The van der Waals surface area contributed by atoms with E-state index in [2.05, 4.69) is 17.2 Å². The summed E-state index contributed by atoms with van der Waals surface area (Å²) in [6.45, 7) is 2.16. The predicted octanol–water partition coefficient (Wildman–Crippen LogP) is 2.83. The molecule has 1 N–H and O–H groups in total. The summed E-state index contributed by atoms with van der Waals surface area (Å²) in [5, 5.41) is 3.70. The van der Waals surface area contributed by atoms with Crippen LogP contribution < -0.4 is 5.32 Å². The van der Waals surface area contributed by atoms with Crippen molar-refractivity contribution < 1.29 is 9.18 Å². The van der Waals surface area contributed by atoms with Crippen LogP contribution in [0.15, 0.2) is 36.7 Å². The Morgan fingerprint density at radius 2 is 2.04 bits per heavy atom. The van der Waals surface area contributed by atoms with Gasteiger partial charge in [0.1, 0.15) is 17.7 Å². The Bertz CT molecular complexity index is 743. The molecule has 1 aliphatic rings. The van der Waals surface area contributed by atoms with E-state index in [-0.39, 0.29) is 29.8 Å². The maximum atomic E-state index is 13.0. The first-order valence-electron chi connectivity index (χ1n) is 9.19. The molecule has 0 spiro atoms. The van der Waals surface area contributed by atoms with E-state index in [1.54, 1.807) is 6.20 Å². The average Bonchev–Trinajstić information content (AvgIpc) is 3.03. The molecule has 0 aliphatic carbocycles. The molecule has 0 bridgehead atoms. The Morgan fingerprint density at radius 3 is 2.69 bits per heavy atom. The van der Waals surface area contributed by atoms with Crippen LogP contribution in [0.2, 0.25) is 0 Å². The van der Waals surface area contributed by atoms with E-state index in [4.69, 9.17) is 0 Å². The third kappa shape index (κ3) is 4.12. The first kappa shape index (κ1) is 18.6. The summed E-state index contributed by atoms with van der Waals surface area (Å²) in [7, 11) is 3.82. The zero-order valence-corrected chi connectivity index (χ0v) is 15.7. The van der Waals surface area contributed by atoms with Crippen molar-refractivity contribution in [3.05, 3.63) is 53.9 Å². The van der Waals surface area contributed by atoms with Crippen LogP contribution in [0.25, 0.3) is 0 Å². The lowest BCUT2D eigenvalue weighted by atomic mass is 9.94. The highest BCUT2D eigenvalue weighted by atomic mass is 19.1. The number of amides is 1. The zero-order chi connectivity index (χ0) is 18.7. The Labute approximate surface area is 154 Å². The number of rotatable bonds is 6. The van der Waals surface area contributed by atoms with Crippen molar-refractivity contribution in [1.82, 2.24) is 19.8 Å². The molecule has 1 aromatic carbocycles. The number of hydrogen-bond acceptors (Lipinski definition) is 3. The van der Waals surface area contributed by atoms with E-state index in [0.29, 0.717) is 6.42 Å². The zero-order valence-electron chi connectivity index (χ0n) is 15.7. The molecule has 2 aromatic rings. The first-order chi connectivity index (χ1) is 12.5. The molecule has 1 fully saturated rings. The lowest BCUT2D eigenvalue weighted by Gasteiger charge is -2.40. The maximum absolute atomic E-state index is 13.0. The summed E-state index contributed by atoms with van der Waals surface area (Å²) < 4.78 is 15.0. The molecule has 1 unspecified atom stereocenters. The molecule has 1 aliphatic heterocycles. The predicted molar refractivity (Wildman–Crippen MR) is 99.1 cm³/mol. The second-order valence-electron chi connectivity index (χ2n) is 7.22. The van der Waals surface area contributed by atoms with Crippen LogP contribution in [-0.4, -0.2) is 39.5 Å². The molecule has 1 aromatic heterocycles. The number of piperidine rings is 1. The quantitative estimate of drug-likeness (QED) is 0.864. The van der Waals surface area contributed by atoms with Gasteiger partial charge in [-0.05, 0) is 43.9 Å². The van der Waals surface area contributed by atoms with Gasteiger partial charge < -0.3 is 14.8 Å². The number of likely N-dealkylation sites (tertiary alicyclic amines) is 1. The monoisotopic (exact) mass is 358 g/mol. The molecule has 5 nitrogen and oxygen atoms in total. The summed E-state index contributed by atoms with van der Waals surface area (Å²) in [6.07, 6.45) is 6.89. The van der Waals surface area contributed by atoms with Gasteiger partial charge in [-0.3, -0.25) is 4.79 Å². The fourth-order valence-electron chi connectivity index (χ4n) is 3.71. The van der Waals surface area contributed by atoms with Gasteiger partial charge in [-0.2, -0.15) is 0 Å². The molecule has 2 heterocycles. The molecular formula is C20H27FN4O. The summed E-state index contributed by atoms with van der Waals surface area (Å²) in [4.78, 5) is 18.5. The molecule has 140 valence electrons. The number of carbonyl (C=O) groups is 1. The Morgan fingerprint density at radius 1 is 1.31 bits per heavy atom. The van der Waals surface area contributed by atoms with Crippen LogP contribution in [0.4, 0.5) is 4.39 Å². The highest BCUT2D eigenvalue weighted by molar-refractivity contribution is 5.77. The van der Waals surface area contributed by atoms with Gasteiger partial charge in [-0.15, -0.1) is 0 Å². The Kier molecular flexibility index (Phi) is 5.71. The van der Waals surface area contributed by atoms with Gasteiger partial charge in [0.05, 0.1) is 0 Å². The van der Waals surface area contributed by atoms with Crippen molar-refractivity contribution in [2.75, 3.05) is 7.05 Å². The summed E-state index contributed by atoms with van der Waals surface area (Å²) in [5.41, 5.74) is 1.14. The Hall–Kier alpha value is -2.21. The number of halogens is 1. The van der Waals surface area contributed by atoms with Gasteiger partial charge in [0.25, 0.3) is 0 Å². The Balaban J connectivity index is 1.65. The van der Waals surface area contributed by atoms with Gasteiger partial charge in [0.15, 0.2) is 0 Å². The van der Waals surface area contributed by atoms with Crippen molar-refractivity contribution in [3.63, 3.8) is 0 Å². The van der Waals surface area contributed by atoms with Crippen molar-refractivity contribution in [2.24, 2.45) is 7.05 Å². The van der Waals surface area contributed by atoms with Crippen LogP contribution in [-0.2, 0) is 18.3 Å². The van der Waals surface area contributed by atoms with E-state index in [1.165, 1.54) is 12.1 Å². The van der Waals surface area contributed by atoms with Crippen LogP contribution in [0.1, 0.15) is 43.6 Å². The fourth-order valence-corrected chi connectivity index (χ4v) is 3.71. The standard InChI is InChI=1S/C20H27FN4O/c1-14(4-5-15-6-8-16(21)9-7-15)23-17-10-11-18(26)25(3)19(17)20-22-12-13-24(20)2/h6-9,12-14,17,19,23H,4-5,10-11H2,1-3H3/t14?,17-,19-/m1/s1. The van der Waals surface area contributed by atoms with Gasteiger partial charge in [0, 0.05) is 45.0 Å². The van der Waals surface area contributed by atoms with Crippen LogP contribution in [0, 0.1) is 5.82 Å². The van der Waals surface area contributed by atoms with Crippen molar-refractivity contribution >= 4 is 5.91 Å². The van der Waals surface area contributed by atoms with Crippen LogP contribution in [0.3, 0.4) is 0 Å². The highest BCUT2D eigenvalue weighted by Crippen LogP contribution is 2.30. The third-order valence-corrected chi connectivity index (χ3v) is 5.26. The molecule has 26 heavy (non-hydrogen) atoms. The second-order valence-corrected chi connectivity index (χ2v) is 7.22. The lowest BCUT2D eigenvalue weighted by Crippen LogP contribution is -2.52. The highest BCUT2D eigenvalue weighted by Gasteiger charge is 2.37. The van der Waals surface area contributed by atoms with E-state index in [1.807, 2.05) is 41.9 Å². The summed E-state index contributed by atoms with van der Waals surface area (Å²) in [5.74, 6) is 0.867. The van der Waals surface area contributed by atoms with E-state index in [0.717, 1.165) is 30.7 Å². The number of likely N-dealkylation sites (N-methyl/N-ethyl adjacent to an activating group) is 1. The van der Waals surface area contributed by atoms with Gasteiger partial charge in [0.2, 0.25) is 5.91 Å². The maximum Gasteiger partial charge on any atom is 0.223 e. The van der Waals surface area contributed by atoms with Crippen LogP contribution in [0.5, 0.6) is 0 Å². The topological polar surface area (TPSA) is 50.2 Å². The SMILES string of the molecule is CC(CCc1ccc(F)cc1)N[C@@H]1CCC(=O)N(C)[C@H]1c1nccn1C. The number of aromatic nitrogens is 2. The average molecular weight is 358 g/mol. The van der Waals surface area contributed by atoms with Crippen molar-refractivity contribution in [1.29, 1.82) is 0 Å². The largest absolute Gasteiger partial charge is 0.336 e. The number of benzene rings is 1. The second kappa shape index (κ2) is 7.99. The van der Waals surface area contributed by atoms with Gasteiger partial charge in [-0.1, -0.05) is 12.1 Å². The van der Waals surface area contributed by atoms with E-state index >= 15 is 0 Å². The number of carbonyl (C=O) groups excluding carboxylic acids is 1. The number of nitrogens with one attached hydrogen (secondary N) is 1. The molecule has 1 saturated heterocycles. The van der Waals surface area contributed by atoms with E-state index < -0.39 is 0 Å². The molecule has 1 amide bonds. The molecule has 6 heteroatoms. The van der Waals surface area contributed by atoms with Crippen molar-refractivity contribution in [3.8, 4) is 0 Å². The number of aryl methyl sites for hydroxylation is 2. The third-order valence-electron chi connectivity index (χ3n) is 5.26. The van der Waals surface area contributed by atoms with Gasteiger partial charge >= 0.3 is 0 Å². The number of hydrogen-bond donors (Lipinski definition) is 1. The van der Waals surface area contributed by atoms with Crippen LogP contribution >= 0.6 is 0 Å². The van der Waals surface area contributed by atoms with Crippen molar-refractivity contribution in [2.45, 2.75) is 50.7 Å². The number of imidazole rings is 1. The minimum Gasteiger partial charge on any atom is -0.336 e. The fraction of sp³-hybridized carbons (Fsp3) is 0.500. The minimum absolute atomic E-state index is 0.0653. The lowest BCUT2D eigenvalue weighted by molar-refractivity contribution is -0.136.